The largest absolute Gasteiger partial charge is 0.393 e. The fourth-order valence-corrected chi connectivity index (χ4v) is 2.73. The normalized spacial score (nSPS) is 41.2. The van der Waals surface area contributed by atoms with E-state index in [0.717, 1.165) is 19.3 Å². The average molecular weight is 171 g/mol. The first-order valence-corrected chi connectivity index (χ1v) is 4.75. The molecule has 0 saturated heterocycles. The van der Waals surface area contributed by atoms with Crippen molar-refractivity contribution in [3.8, 4) is 0 Å². The Morgan fingerprint density at radius 3 is 2.33 bits per heavy atom. The van der Waals surface area contributed by atoms with Gasteiger partial charge in [-0.3, -0.25) is 0 Å². The lowest BCUT2D eigenvalue weighted by atomic mass is 9.63. The Balaban J connectivity index is 2.70. The van der Waals surface area contributed by atoms with E-state index >= 15 is 0 Å². The molecule has 0 bridgehead atoms. The van der Waals surface area contributed by atoms with Crippen LogP contribution in [0.15, 0.2) is 0 Å². The third-order valence-electron chi connectivity index (χ3n) is 2.91. The van der Waals surface area contributed by atoms with E-state index in [0.29, 0.717) is 6.54 Å². The second kappa shape index (κ2) is 3.00. The fraction of sp³-hybridized carbons (Fsp3) is 1.00. The van der Waals surface area contributed by atoms with E-state index in [1.165, 1.54) is 0 Å². The fourth-order valence-electron chi connectivity index (χ4n) is 2.73. The van der Waals surface area contributed by atoms with E-state index in [9.17, 15) is 5.11 Å². The molecular weight excluding hydrogens is 150 g/mol. The molecule has 2 unspecified atom stereocenters. The molecule has 1 aliphatic rings. The summed E-state index contributed by atoms with van der Waals surface area (Å²) in [5.41, 5.74) is 6.12. The van der Waals surface area contributed by atoms with Crippen molar-refractivity contribution in [3.05, 3.63) is 0 Å². The van der Waals surface area contributed by atoms with Crippen LogP contribution in [-0.2, 0) is 0 Å². The van der Waals surface area contributed by atoms with Crippen molar-refractivity contribution in [3.63, 3.8) is 0 Å². The van der Waals surface area contributed by atoms with E-state index in [4.69, 9.17) is 5.73 Å². The van der Waals surface area contributed by atoms with Crippen LogP contribution >= 0.6 is 0 Å². The van der Waals surface area contributed by atoms with Crippen LogP contribution in [0.4, 0.5) is 0 Å². The van der Waals surface area contributed by atoms with E-state index in [2.05, 4.69) is 20.8 Å². The molecule has 1 aliphatic carbocycles. The number of rotatable bonds is 1. The second-order valence-electron chi connectivity index (χ2n) is 5.42. The van der Waals surface area contributed by atoms with Crippen LogP contribution in [0.1, 0.15) is 40.0 Å². The van der Waals surface area contributed by atoms with Gasteiger partial charge in [-0.05, 0) is 36.6 Å². The monoisotopic (exact) mass is 171 g/mol. The van der Waals surface area contributed by atoms with Crippen molar-refractivity contribution in [2.24, 2.45) is 16.6 Å². The molecule has 0 aromatic rings. The van der Waals surface area contributed by atoms with Gasteiger partial charge in [0.1, 0.15) is 0 Å². The van der Waals surface area contributed by atoms with Crippen LogP contribution in [0.3, 0.4) is 0 Å². The third kappa shape index (κ3) is 2.20. The maximum atomic E-state index is 9.66. The Morgan fingerprint density at radius 2 is 1.92 bits per heavy atom. The highest BCUT2D eigenvalue weighted by Gasteiger charge is 2.39. The van der Waals surface area contributed by atoms with Crippen LogP contribution in [0, 0.1) is 10.8 Å². The summed E-state index contributed by atoms with van der Waals surface area (Å²) in [6, 6.07) is 0. The van der Waals surface area contributed by atoms with Gasteiger partial charge in [-0.1, -0.05) is 20.8 Å². The zero-order chi connectivity index (χ0) is 9.41. The Morgan fingerprint density at radius 1 is 1.33 bits per heavy atom. The minimum atomic E-state index is -0.151. The van der Waals surface area contributed by atoms with Crippen LogP contribution in [0.5, 0.6) is 0 Å². The summed E-state index contributed by atoms with van der Waals surface area (Å²) in [7, 11) is 0. The van der Waals surface area contributed by atoms with Gasteiger partial charge < -0.3 is 10.8 Å². The Hall–Kier alpha value is -0.0800. The minimum absolute atomic E-state index is 0.151. The standard InChI is InChI=1S/C10H21NO/c1-9(2)4-8(12)5-10(3,6-9)7-11/h8,12H,4-7,11H2,1-3H3. The summed E-state index contributed by atoms with van der Waals surface area (Å²) < 4.78 is 0. The lowest BCUT2D eigenvalue weighted by molar-refractivity contribution is -0.00501. The first-order valence-electron chi connectivity index (χ1n) is 4.75. The molecule has 0 radical (unpaired) electrons. The van der Waals surface area contributed by atoms with Crippen LogP contribution in [-0.4, -0.2) is 17.8 Å². The highest BCUT2D eigenvalue weighted by atomic mass is 16.3. The topological polar surface area (TPSA) is 46.2 Å². The van der Waals surface area contributed by atoms with E-state index in [1.54, 1.807) is 0 Å². The Kier molecular flexibility index (Phi) is 2.50. The summed E-state index contributed by atoms with van der Waals surface area (Å²) in [5, 5.41) is 9.66. The first kappa shape index (κ1) is 10.0. The molecule has 12 heavy (non-hydrogen) atoms. The van der Waals surface area contributed by atoms with Gasteiger partial charge in [0.2, 0.25) is 0 Å². The molecule has 0 amide bonds. The molecule has 72 valence electrons. The number of nitrogens with two attached hydrogens (primary N) is 1. The summed E-state index contributed by atoms with van der Waals surface area (Å²) in [6.45, 7) is 7.29. The number of hydrogen-bond donors (Lipinski definition) is 2. The summed E-state index contributed by atoms with van der Waals surface area (Å²) in [5.74, 6) is 0. The maximum Gasteiger partial charge on any atom is 0.0551 e. The van der Waals surface area contributed by atoms with Gasteiger partial charge in [-0.15, -0.1) is 0 Å². The highest BCUT2D eigenvalue weighted by Crippen LogP contribution is 2.45. The van der Waals surface area contributed by atoms with Gasteiger partial charge in [-0.2, -0.15) is 0 Å². The minimum Gasteiger partial charge on any atom is -0.393 e. The zero-order valence-corrected chi connectivity index (χ0v) is 8.43. The van der Waals surface area contributed by atoms with Gasteiger partial charge in [0.25, 0.3) is 0 Å². The van der Waals surface area contributed by atoms with E-state index in [1.807, 2.05) is 0 Å². The second-order valence-corrected chi connectivity index (χ2v) is 5.42. The molecular formula is C10H21NO. The van der Waals surface area contributed by atoms with Crippen LogP contribution < -0.4 is 5.73 Å². The van der Waals surface area contributed by atoms with Crippen molar-refractivity contribution in [1.29, 1.82) is 0 Å². The Bertz CT molecular complexity index is 167. The van der Waals surface area contributed by atoms with E-state index in [-0.39, 0.29) is 16.9 Å². The van der Waals surface area contributed by atoms with Gasteiger partial charge >= 0.3 is 0 Å². The molecule has 2 atom stereocenters. The number of aliphatic hydroxyl groups is 1. The predicted octanol–water partition coefficient (Wildman–Crippen LogP) is 1.52. The SMILES string of the molecule is CC1(C)CC(O)CC(C)(CN)C1. The molecule has 0 heterocycles. The van der Waals surface area contributed by atoms with Gasteiger partial charge in [0.15, 0.2) is 0 Å². The lowest BCUT2D eigenvalue weighted by Crippen LogP contribution is -2.42. The molecule has 3 N–H and O–H groups in total. The molecule has 1 rings (SSSR count). The number of hydrogen-bond acceptors (Lipinski definition) is 2. The van der Waals surface area contributed by atoms with Crippen molar-refractivity contribution in [2.75, 3.05) is 6.54 Å². The molecule has 1 saturated carbocycles. The molecule has 2 nitrogen and oxygen atoms in total. The molecule has 0 aromatic carbocycles. The average Bonchev–Trinajstić information content (AvgIpc) is 1.82. The maximum absolute atomic E-state index is 9.66. The third-order valence-corrected chi connectivity index (χ3v) is 2.91. The summed E-state index contributed by atoms with van der Waals surface area (Å²) >= 11 is 0. The zero-order valence-electron chi connectivity index (χ0n) is 8.43. The molecule has 1 fully saturated rings. The van der Waals surface area contributed by atoms with Crippen LogP contribution in [0.25, 0.3) is 0 Å². The van der Waals surface area contributed by atoms with E-state index < -0.39 is 0 Å². The van der Waals surface area contributed by atoms with Gasteiger partial charge in [0, 0.05) is 0 Å². The van der Waals surface area contributed by atoms with Gasteiger partial charge in [0.05, 0.1) is 6.10 Å². The van der Waals surface area contributed by atoms with Crippen molar-refractivity contribution < 1.29 is 5.11 Å². The summed E-state index contributed by atoms with van der Waals surface area (Å²) in [6.07, 6.45) is 2.77. The van der Waals surface area contributed by atoms with Crippen molar-refractivity contribution in [1.82, 2.24) is 0 Å². The van der Waals surface area contributed by atoms with Crippen molar-refractivity contribution >= 4 is 0 Å². The molecule has 0 spiro atoms. The Labute approximate surface area is 75.2 Å². The highest BCUT2D eigenvalue weighted by molar-refractivity contribution is 4.91. The van der Waals surface area contributed by atoms with Gasteiger partial charge in [-0.25, -0.2) is 0 Å². The first-order chi connectivity index (χ1) is 5.37. The molecule has 0 aromatic heterocycles. The quantitative estimate of drug-likeness (QED) is 0.628. The van der Waals surface area contributed by atoms with Crippen molar-refractivity contribution in [2.45, 2.75) is 46.1 Å². The number of aliphatic hydroxyl groups excluding tert-OH is 1. The summed E-state index contributed by atoms with van der Waals surface area (Å²) in [4.78, 5) is 0. The smallest absolute Gasteiger partial charge is 0.0551 e. The van der Waals surface area contributed by atoms with Crippen LogP contribution in [0.2, 0.25) is 0 Å². The molecule has 2 heteroatoms. The predicted molar refractivity (Wildman–Crippen MR) is 50.8 cm³/mol. The lowest BCUT2D eigenvalue weighted by Gasteiger charge is -2.44. The molecule has 0 aliphatic heterocycles.